The number of carbonyl (C=O) groups excluding carboxylic acids is 2. The molecule has 0 heterocycles. The van der Waals surface area contributed by atoms with Gasteiger partial charge in [-0.1, -0.05) is 24.3 Å². The van der Waals surface area contributed by atoms with Gasteiger partial charge in [-0.3, -0.25) is 9.59 Å². The van der Waals surface area contributed by atoms with E-state index in [-0.39, 0.29) is 24.8 Å². The number of hydrogen-bond donors (Lipinski definition) is 2. The van der Waals surface area contributed by atoms with E-state index < -0.39 is 0 Å². The molecule has 0 aliphatic rings. The Bertz CT molecular complexity index is 456. The van der Waals surface area contributed by atoms with Crippen LogP contribution in [0.5, 0.6) is 0 Å². The number of amides is 2. The zero-order chi connectivity index (χ0) is 15.0. The second-order valence-electron chi connectivity index (χ2n) is 4.49. The summed E-state index contributed by atoms with van der Waals surface area (Å²) < 4.78 is 0. The molecule has 0 aliphatic heterocycles. The number of nitrogens with zero attached hydrogens (tertiary/aromatic N) is 1. The molecule has 1 aromatic carbocycles. The minimum absolute atomic E-state index is 0.0469. The number of benzene rings is 1. The molecule has 0 saturated heterocycles. The standard InChI is InChI=1S/C15H23N3O2/c1-3-18(4-2)15(20)11-17-14(19)9-12-7-5-6-8-13(12)10-16/h5-8H,3-4,9-11,16H2,1-2H3,(H,17,19). The number of nitrogens with two attached hydrogens (primary N) is 1. The van der Waals surface area contributed by atoms with E-state index in [1.54, 1.807) is 4.90 Å². The third kappa shape index (κ3) is 4.66. The number of rotatable bonds is 7. The summed E-state index contributed by atoms with van der Waals surface area (Å²) in [6.45, 7) is 5.59. The molecular formula is C15H23N3O2. The molecule has 0 spiro atoms. The van der Waals surface area contributed by atoms with Crippen LogP contribution in [0.25, 0.3) is 0 Å². The fourth-order valence-electron chi connectivity index (χ4n) is 2.03. The van der Waals surface area contributed by atoms with E-state index in [1.165, 1.54) is 0 Å². The van der Waals surface area contributed by atoms with Crippen LogP contribution in [0.3, 0.4) is 0 Å². The second-order valence-corrected chi connectivity index (χ2v) is 4.49. The zero-order valence-electron chi connectivity index (χ0n) is 12.2. The molecule has 0 fully saturated rings. The molecule has 0 saturated carbocycles. The van der Waals surface area contributed by atoms with Crippen LogP contribution in [-0.2, 0) is 22.6 Å². The highest BCUT2D eigenvalue weighted by atomic mass is 16.2. The van der Waals surface area contributed by atoms with Gasteiger partial charge in [-0.25, -0.2) is 0 Å². The normalized spacial score (nSPS) is 10.2. The first-order chi connectivity index (χ1) is 9.62. The molecule has 0 aromatic heterocycles. The predicted molar refractivity (Wildman–Crippen MR) is 79.0 cm³/mol. The van der Waals surface area contributed by atoms with Crippen molar-refractivity contribution < 1.29 is 9.59 Å². The fraction of sp³-hybridized carbons (Fsp3) is 0.467. The molecule has 110 valence electrons. The largest absolute Gasteiger partial charge is 0.347 e. The Morgan fingerprint density at radius 2 is 1.75 bits per heavy atom. The molecule has 20 heavy (non-hydrogen) atoms. The summed E-state index contributed by atoms with van der Waals surface area (Å²) in [5, 5.41) is 2.66. The van der Waals surface area contributed by atoms with Crippen LogP contribution in [0.1, 0.15) is 25.0 Å². The van der Waals surface area contributed by atoms with Crippen LogP contribution in [0.4, 0.5) is 0 Å². The van der Waals surface area contributed by atoms with Crippen molar-refractivity contribution >= 4 is 11.8 Å². The van der Waals surface area contributed by atoms with Crippen LogP contribution in [0, 0.1) is 0 Å². The van der Waals surface area contributed by atoms with Gasteiger partial charge >= 0.3 is 0 Å². The van der Waals surface area contributed by atoms with Crippen molar-refractivity contribution in [3.63, 3.8) is 0 Å². The van der Waals surface area contributed by atoms with Crippen LogP contribution >= 0.6 is 0 Å². The Kier molecular flexibility index (Phi) is 6.73. The smallest absolute Gasteiger partial charge is 0.241 e. The van der Waals surface area contributed by atoms with E-state index in [0.29, 0.717) is 19.6 Å². The summed E-state index contributed by atoms with van der Waals surface area (Å²) in [5.41, 5.74) is 7.49. The quantitative estimate of drug-likeness (QED) is 0.769. The Hall–Kier alpha value is -1.88. The summed E-state index contributed by atoms with van der Waals surface area (Å²) in [6, 6.07) is 7.56. The van der Waals surface area contributed by atoms with Gasteiger partial charge in [0.15, 0.2) is 0 Å². The molecule has 0 bridgehead atoms. The summed E-state index contributed by atoms with van der Waals surface area (Å²) >= 11 is 0. The van der Waals surface area contributed by atoms with Crippen LogP contribution in [0.15, 0.2) is 24.3 Å². The number of nitrogens with one attached hydrogen (secondary N) is 1. The summed E-state index contributed by atoms with van der Waals surface area (Å²) in [6.07, 6.45) is 0.249. The van der Waals surface area contributed by atoms with Crippen molar-refractivity contribution in [2.75, 3.05) is 19.6 Å². The summed E-state index contributed by atoms with van der Waals surface area (Å²) in [5.74, 6) is -0.220. The average Bonchev–Trinajstić information content (AvgIpc) is 2.47. The zero-order valence-corrected chi connectivity index (χ0v) is 12.2. The Balaban J connectivity index is 2.50. The molecule has 5 heteroatoms. The van der Waals surface area contributed by atoms with Crippen LogP contribution in [0.2, 0.25) is 0 Å². The molecule has 1 rings (SSSR count). The number of hydrogen-bond acceptors (Lipinski definition) is 3. The molecule has 1 aromatic rings. The van der Waals surface area contributed by atoms with Gasteiger partial charge in [0.2, 0.25) is 11.8 Å². The van der Waals surface area contributed by atoms with E-state index >= 15 is 0 Å². The molecular weight excluding hydrogens is 254 g/mol. The molecule has 2 amide bonds. The van der Waals surface area contributed by atoms with Gasteiger partial charge in [-0.15, -0.1) is 0 Å². The Morgan fingerprint density at radius 1 is 1.15 bits per heavy atom. The molecule has 3 N–H and O–H groups in total. The van der Waals surface area contributed by atoms with E-state index in [2.05, 4.69) is 5.32 Å². The van der Waals surface area contributed by atoms with Crippen LogP contribution < -0.4 is 11.1 Å². The van der Waals surface area contributed by atoms with E-state index in [4.69, 9.17) is 5.73 Å². The molecule has 0 unspecified atom stereocenters. The maximum Gasteiger partial charge on any atom is 0.241 e. The van der Waals surface area contributed by atoms with E-state index in [1.807, 2.05) is 38.1 Å². The fourth-order valence-corrected chi connectivity index (χ4v) is 2.03. The predicted octanol–water partition coefficient (Wildman–Crippen LogP) is 0.672. The van der Waals surface area contributed by atoms with Crippen LogP contribution in [-0.4, -0.2) is 36.3 Å². The van der Waals surface area contributed by atoms with Crippen molar-refractivity contribution in [3.8, 4) is 0 Å². The van der Waals surface area contributed by atoms with Crippen molar-refractivity contribution in [3.05, 3.63) is 35.4 Å². The highest BCUT2D eigenvalue weighted by molar-refractivity contribution is 5.85. The first kappa shape index (κ1) is 16.2. The topological polar surface area (TPSA) is 75.4 Å². The minimum Gasteiger partial charge on any atom is -0.347 e. The lowest BCUT2D eigenvalue weighted by molar-refractivity contribution is -0.132. The lowest BCUT2D eigenvalue weighted by Gasteiger charge is -2.18. The van der Waals surface area contributed by atoms with Gasteiger partial charge in [0.1, 0.15) is 0 Å². The van der Waals surface area contributed by atoms with E-state index in [0.717, 1.165) is 11.1 Å². The first-order valence-electron chi connectivity index (χ1n) is 6.93. The third-order valence-corrected chi connectivity index (χ3v) is 3.24. The second kappa shape index (κ2) is 8.32. The summed E-state index contributed by atoms with van der Waals surface area (Å²) in [4.78, 5) is 25.3. The van der Waals surface area contributed by atoms with Gasteiger partial charge < -0.3 is 16.0 Å². The number of carbonyl (C=O) groups is 2. The van der Waals surface area contributed by atoms with Gasteiger partial charge in [-0.05, 0) is 25.0 Å². The van der Waals surface area contributed by atoms with E-state index in [9.17, 15) is 9.59 Å². The maximum atomic E-state index is 11.9. The highest BCUT2D eigenvalue weighted by Gasteiger charge is 2.12. The molecule has 5 nitrogen and oxygen atoms in total. The van der Waals surface area contributed by atoms with Gasteiger partial charge in [0.05, 0.1) is 13.0 Å². The minimum atomic E-state index is -0.161. The van der Waals surface area contributed by atoms with Crippen molar-refractivity contribution in [1.82, 2.24) is 10.2 Å². The average molecular weight is 277 g/mol. The lowest BCUT2D eigenvalue weighted by atomic mass is 10.0. The maximum absolute atomic E-state index is 11.9. The molecule has 0 aliphatic carbocycles. The van der Waals surface area contributed by atoms with Gasteiger partial charge in [0, 0.05) is 19.6 Å². The SMILES string of the molecule is CCN(CC)C(=O)CNC(=O)Cc1ccccc1CN. The molecule has 0 atom stereocenters. The van der Waals surface area contributed by atoms with Gasteiger partial charge in [0.25, 0.3) is 0 Å². The monoisotopic (exact) mass is 277 g/mol. The molecule has 0 radical (unpaired) electrons. The first-order valence-corrected chi connectivity index (χ1v) is 6.93. The van der Waals surface area contributed by atoms with Crippen molar-refractivity contribution in [2.45, 2.75) is 26.8 Å². The van der Waals surface area contributed by atoms with Crippen molar-refractivity contribution in [2.24, 2.45) is 5.73 Å². The summed E-state index contributed by atoms with van der Waals surface area (Å²) in [7, 11) is 0. The Morgan fingerprint density at radius 3 is 2.30 bits per heavy atom. The number of likely N-dealkylation sites (N-methyl/N-ethyl adjacent to an activating group) is 1. The highest BCUT2D eigenvalue weighted by Crippen LogP contribution is 2.08. The van der Waals surface area contributed by atoms with Crippen molar-refractivity contribution in [1.29, 1.82) is 0 Å². The third-order valence-electron chi connectivity index (χ3n) is 3.24. The Labute approximate surface area is 120 Å². The lowest BCUT2D eigenvalue weighted by Crippen LogP contribution is -2.40. The van der Waals surface area contributed by atoms with Gasteiger partial charge in [-0.2, -0.15) is 0 Å².